The van der Waals surface area contributed by atoms with Gasteiger partial charge in [0.25, 0.3) is 0 Å². The molecule has 88 valence electrons. The Kier molecular flexibility index (Phi) is 4.90. The maximum Gasteiger partial charge on any atom is 0.347 e. The third-order valence-electron chi connectivity index (χ3n) is 1.82. The molecule has 0 saturated heterocycles. The second-order valence-electron chi connectivity index (χ2n) is 3.09. The smallest absolute Gasteiger partial charge is 0.347 e. The predicted molar refractivity (Wildman–Crippen MR) is 63.2 cm³/mol. The fourth-order valence-corrected chi connectivity index (χ4v) is 1.39. The Labute approximate surface area is 104 Å². The molecule has 0 heterocycles. The van der Waals surface area contributed by atoms with Gasteiger partial charge >= 0.3 is 5.97 Å². The van der Waals surface area contributed by atoms with Crippen LogP contribution in [0.4, 0.5) is 0 Å². The number of hydrogen-bond donors (Lipinski definition) is 0. The van der Waals surface area contributed by atoms with Crippen molar-refractivity contribution in [2.24, 2.45) is 0 Å². The number of ether oxygens (including phenoxy) is 2. The number of carbonyl (C=O) groups excluding carboxylic acids is 1. The normalized spacial score (nSPS) is 12.0. The number of benzene rings is 1. The van der Waals surface area contributed by atoms with E-state index in [4.69, 9.17) is 32.7 Å². The van der Waals surface area contributed by atoms with Gasteiger partial charge in [-0.2, -0.15) is 0 Å². The van der Waals surface area contributed by atoms with Gasteiger partial charge < -0.3 is 9.47 Å². The van der Waals surface area contributed by atoms with Crippen LogP contribution in [0, 0.1) is 0 Å². The van der Waals surface area contributed by atoms with Gasteiger partial charge in [-0.05, 0) is 26.0 Å². The zero-order valence-electron chi connectivity index (χ0n) is 9.00. The molecule has 0 N–H and O–H groups in total. The van der Waals surface area contributed by atoms with E-state index in [9.17, 15) is 4.79 Å². The van der Waals surface area contributed by atoms with E-state index >= 15 is 0 Å². The SMILES string of the molecule is CCOC(=O)[C@@H](C)Oc1cc(Cl)ccc1Cl. The standard InChI is InChI=1S/C11H12Cl2O3/c1-3-15-11(14)7(2)16-10-6-8(12)4-5-9(10)13/h4-7H,3H2,1-2H3/t7-/m1/s1. The number of rotatable bonds is 4. The second kappa shape index (κ2) is 5.97. The molecule has 0 aliphatic carbocycles. The molecule has 0 fully saturated rings. The molecule has 16 heavy (non-hydrogen) atoms. The van der Waals surface area contributed by atoms with Gasteiger partial charge in [0.05, 0.1) is 11.6 Å². The molecule has 1 atom stereocenters. The van der Waals surface area contributed by atoms with Crippen LogP contribution in [-0.2, 0) is 9.53 Å². The van der Waals surface area contributed by atoms with E-state index < -0.39 is 12.1 Å². The number of halogens is 2. The number of hydrogen-bond acceptors (Lipinski definition) is 3. The summed E-state index contributed by atoms with van der Waals surface area (Å²) in [6.07, 6.45) is -0.712. The average molecular weight is 263 g/mol. The third-order valence-corrected chi connectivity index (χ3v) is 2.36. The largest absolute Gasteiger partial charge is 0.477 e. The molecule has 0 aliphatic rings. The number of carbonyl (C=O) groups is 1. The molecule has 1 aromatic rings. The summed E-state index contributed by atoms with van der Waals surface area (Å²) in [6, 6.07) is 4.81. The molecule has 5 heteroatoms. The highest BCUT2D eigenvalue weighted by molar-refractivity contribution is 6.34. The van der Waals surface area contributed by atoms with E-state index in [1.807, 2.05) is 0 Å². The first-order chi connectivity index (χ1) is 7.54. The summed E-state index contributed by atoms with van der Waals surface area (Å²) in [5.74, 6) is -0.0618. The molecule has 0 bridgehead atoms. The minimum absolute atomic E-state index is 0.315. The van der Waals surface area contributed by atoms with E-state index in [0.717, 1.165) is 0 Å². The van der Waals surface area contributed by atoms with Crippen molar-refractivity contribution >= 4 is 29.2 Å². The van der Waals surface area contributed by atoms with Crippen molar-refractivity contribution in [1.29, 1.82) is 0 Å². The van der Waals surface area contributed by atoms with Gasteiger partial charge in [-0.1, -0.05) is 23.2 Å². The van der Waals surface area contributed by atoms with Crippen LogP contribution in [0.5, 0.6) is 5.75 Å². The summed E-state index contributed by atoms with van der Waals surface area (Å²) in [5, 5.41) is 0.899. The average Bonchev–Trinajstić information content (AvgIpc) is 2.23. The lowest BCUT2D eigenvalue weighted by atomic mass is 10.3. The van der Waals surface area contributed by atoms with Gasteiger partial charge in [-0.3, -0.25) is 0 Å². The Morgan fingerprint density at radius 2 is 2.12 bits per heavy atom. The first kappa shape index (κ1) is 13.1. The van der Waals surface area contributed by atoms with Crippen molar-refractivity contribution in [2.75, 3.05) is 6.61 Å². The maximum absolute atomic E-state index is 11.3. The Morgan fingerprint density at radius 3 is 2.75 bits per heavy atom. The Hall–Kier alpha value is -0.930. The molecule has 0 amide bonds. The fourth-order valence-electron chi connectivity index (χ4n) is 1.07. The van der Waals surface area contributed by atoms with E-state index in [1.54, 1.807) is 32.0 Å². The van der Waals surface area contributed by atoms with Crippen LogP contribution in [-0.4, -0.2) is 18.7 Å². The molecule has 3 nitrogen and oxygen atoms in total. The summed E-state index contributed by atoms with van der Waals surface area (Å²) < 4.78 is 10.2. The minimum atomic E-state index is -0.712. The van der Waals surface area contributed by atoms with E-state index in [2.05, 4.69) is 0 Å². The van der Waals surface area contributed by atoms with E-state index in [0.29, 0.717) is 22.4 Å². The lowest BCUT2D eigenvalue weighted by Gasteiger charge is -2.14. The first-order valence-electron chi connectivity index (χ1n) is 4.83. The highest BCUT2D eigenvalue weighted by Crippen LogP contribution is 2.28. The molecule has 0 saturated carbocycles. The van der Waals surface area contributed by atoms with Crippen LogP contribution in [0.25, 0.3) is 0 Å². The van der Waals surface area contributed by atoms with Gasteiger partial charge in [0.2, 0.25) is 0 Å². The Morgan fingerprint density at radius 1 is 1.44 bits per heavy atom. The summed E-state index contributed by atoms with van der Waals surface area (Å²) in [7, 11) is 0. The predicted octanol–water partition coefficient (Wildman–Crippen LogP) is 3.32. The van der Waals surface area contributed by atoms with Crippen LogP contribution >= 0.6 is 23.2 Å². The molecule has 1 aromatic carbocycles. The Balaban J connectivity index is 2.72. The van der Waals surface area contributed by atoms with E-state index in [1.165, 1.54) is 0 Å². The topological polar surface area (TPSA) is 35.5 Å². The lowest BCUT2D eigenvalue weighted by Crippen LogP contribution is -2.26. The quantitative estimate of drug-likeness (QED) is 0.781. The third kappa shape index (κ3) is 3.58. The summed E-state index contributed by atoms with van der Waals surface area (Å²) >= 11 is 11.7. The molecule has 0 unspecified atom stereocenters. The van der Waals surface area contributed by atoms with Crippen molar-refractivity contribution < 1.29 is 14.3 Å². The maximum atomic E-state index is 11.3. The zero-order valence-corrected chi connectivity index (χ0v) is 10.5. The van der Waals surface area contributed by atoms with E-state index in [-0.39, 0.29) is 0 Å². The molecular formula is C11H12Cl2O3. The summed E-state index contributed by atoms with van der Waals surface area (Å²) in [4.78, 5) is 11.3. The van der Waals surface area contributed by atoms with Crippen molar-refractivity contribution in [3.63, 3.8) is 0 Å². The van der Waals surface area contributed by atoms with Gasteiger partial charge in [0.1, 0.15) is 5.75 Å². The van der Waals surface area contributed by atoms with Crippen molar-refractivity contribution in [2.45, 2.75) is 20.0 Å². The lowest BCUT2D eigenvalue weighted by molar-refractivity contribution is -0.150. The van der Waals surface area contributed by atoms with Crippen LogP contribution in [0.15, 0.2) is 18.2 Å². The van der Waals surface area contributed by atoms with Crippen molar-refractivity contribution in [1.82, 2.24) is 0 Å². The molecular weight excluding hydrogens is 251 g/mol. The fraction of sp³-hybridized carbons (Fsp3) is 0.364. The molecule has 0 aliphatic heterocycles. The Bertz CT molecular complexity index is 379. The molecule has 0 radical (unpaired) electrons. The number of esters is 1. The second-order valence-corrected chi connectivity index (χ2v) is 3.93. The zero-order chi connectivity index (χ0) is 12.1. The van der Waals surface area contributed by atoms with Crippen LogP contribution in [0.2, 0.25) is 10.0 Å². The van der Waals surface area contributed by atoms with Crippen LogP contribution in [0.3, 0.4) is 0 Å². The summed E-state index contributed by atoms with van der Waals surface area (Å²) in [5.41, 5.74) is 0. The van der Waals surface area contributed by atoms with Gasteiger partial charge in [-0.15, -0.1) is 0 Å². The van der Waals surface area contributed by atoms with Crippen molar-refractivity contribution in [3.05, 3.63) is 28.2 Å². The molecule has 0 aromatic heterocycles. The van der Waals surface area contributed by atoms with Gasteiger partial charge in [0, 0.05) is 11.1 Å². The van der Waals surface area contributed by atoms with Crippen molar-refractivity contribution in [3.8, 4) is 5.75 Å². The molecule has 0 spiro atoms. The van der Waals surface area contributed by atoms with Gasteiger partial charge in [0.15, 0.2) is 6.10 Å². The van der Waals surface area contributed by atoms with Gasteiger partial charge in [-0.25, -0.2) is 4.79 Å². The minimum Gasteiger partial charge on any atom is -0.477 e. The highest BCUT2D eigenvalue weighted by atomic mass is 35.5. The summed E-state index contributed by atoms with van der Waals surface area (Å²) in [6.45, 7) is 3.64. The molecule has 1 rings (SSSR count). The van der Waals surface area contributed by atoms with Crippen LogP contribution in [0.1, 0.15) is 13.8 Å². The monoisotopic (exact) mass is 262 g/mol. The highest BCUT2D eigenvalue weighted by Gasteiger charge is 2.17. The van der Waals surface area contributed by atoms with Crippen LogP contribution < -0.4 is 4.74 Å². The first-order valence-corrected chi connectivity index (χ1v) is 5.58.